The lowest BCUT2D eigenvalue weighted by atomic mass is 10.1. The van der Waals surface area contributed by atoms with Crippen molar-refractivity contribution >= 4 is 52.8 Å². The van der Waals surface area contributed by atoms with Crippen LogP contribution in [0.1, 0.15) is 44.4 Å². The first kappa shape index (κ1) is 34.3. The van der Waals surface area contributed by atoms with Gasteiger partial charge in [0.2, 0.25) is 11.0 Å². The SMILES string of the molecule is CCCSc1nc(Cl)c([N+](=O)[O-])c(N[C@@H]2O[C@H](COC(=O)c3ccccc3)[C@@H](OC(=O)c3ccccc3)[C@H]2OC(=O)c2ccccc2)n1. The topological polar surface area (TPSA) is 169 Å². The molecule has 3 aromatic carbocycles. The second-order valence-electron chi connectivity index (χ2n) is 10.3. The Morgan fingerprint density at radius 2 is 1.38 bits per heavy atom. The standard InChI is InChI=1S/C33H29ClN4O9S/c1-2-18-48-33-35-27(34)24(38(42)43)28(37-33)36-29-26(47-32(41)22-16-10-5-11-17-22)25(46-31(40)21-14-8-4-9-15-21)23(45-29)19-44-30(39)20-12-6-3-7-13-20/h3-17,23,25-26,29H,2,18-19H2,1H3,(H,35,36,37)/t23-,25-,26-,29-/m1/s1. The molecule has 13 nitrogen and oxygen atoms in total. The van der Waals surface area contributed by atoms with Crippen LogP contribution in [0.25, 0.3) is 0 Å². The molecule has 1 saturated heterocycles. The van der Waals surface area contributed by atoms with Gasteiger partial charge < -0.3 is 24.3 Å². The van der Waals surface area contributed by atoms with E-state index in [4.69, 9.17) is 30.5 Å². The molecule has 1 aliphatic rings. The van der Waals surface area contributed by atoms with Gasteiger partial charge in [0.25, 0.3) is 0 Å². The van der Waals surface area contributed by atoms with E-state index < -0.39 is 64.8 Å². The number of anilines is 1. The number of carbonyl (C=O) groups excluding carboxylic acids is 3. The molecule has 0 bridgehead atoms. The third-order valence-electron chi connectivity index (χ3n) is 6.92. The average Bonchev–Trinajstić information content (AvgIpc) is 3.41. The van der Waals surface area contributed by atoms with E-state index in [1.165, 1.54) is 36.0 Å². The van der Waals surface area contributed by atoms with Gasteiger partial charge in [0, 0.05) is 5.75 Å². The van der Waals surface area contributed by atoms with E-state index in [9.17, 15) is 24.5 Å². The zero-order chi connectivity index (χ0) is 34.0. The highest BCUT2D eigenvalue weighted by atomic mass is 35.5. The number of ether oxygens (including phenoxy) is 4. The highest BCUT2D eigenvalue weighted by Gasteiger charge is 2.51. The van der Waals surface area contributed by atoms with Crippen LogP contribution < -0.4 is 5.32 Å². The smallest absolute Gasteiger partial charge is 0.348 e. The summed E-state index contributed by atoms with van der Waals surface area (Å²) in [6, 6.07) is 24.3. The van der Waals surface area contributed by atoms with Gasteiger partial charge in [0.05, 0.1) is 21.6 Å². The van der Waals surface area contributed by atoms with E-state index in [-0.39, 0.29) is 27.7 Å². The number of nitrogens with zero attached hydrogens (tertiary/aromatic N) is 3. The molecule has 0 amide bonds. The van der Waals surface area contributed by atoms with Gasteiger partial charge in [-0.3, -0.25) is 10.1 Å². The van der Waals surface area contributed by atoms with Crippen molar-refractivity contribution in [1.29, 1.82) is 0 Å². The molecule has 4 atom stereocenters. The Morgan fingerprint density at radius 1 is 0.854 bits per heavy atom. The summed E-state index contributed by atoms with van der Waals surface area (Å²) < 4.78 is 23.5. The molecular weight excluding hydrogens is 664 g/mol. The van der Waals surface area contributed by atoms with Gasteiger partial charge in [0.1, 0.15) is 12.7 Å². The molecule has 0 radical (unpaired) electrons. The number of aromatic nitrogens is 2. The summed E-state index contributed by atoms with van der Waals surface area (Å²) in [7, 11) is 0. The van der Waals surface area contributed by atoms with Crippen LogP contribution in [0, 0.1) is 10.1 Å². The van der Waals surface area contributed by atoms with Gasteiger partial charge >= 0.3 is 23.6 Å². The number of carbonyl (C=O) groups is 3. The Labute approximate surface area is 284 Å². The monoisotopic (exact) mass is 692 g/mol. The third-order valence-corrected chi connectivity index (χ3v) is 8.24. The van der Waals surface area contributed by atoms with Crippen LogP contribution in [-0.2, 0) is 18.9 Å². The molecular formula is C33H29ClN4O9S. The van der Waals surface area contributed by atoms with Gasteiger partial charge in [0.15, 0.2) is 23.6 Å². The van der Waals surface area contributed by atoms with Gasteiger partial charge in [-0.25, -0.2) is 19.4 Å². The van der Waals surface area contributed by atoms with E-state index in [1.54, 1.807) is 66.7 Å². The molecule has 2 heterocycles. The van der Waals surface area contributed by atoms with Crippen molar-refractivity contribution in [2.24, 2.45) is 0 Å². The maximum Gasteiger partial charge on any atom is 0.348 e. The zero-order valence-electron chi connectivity index (χ0n) is 25.4. The summed E-state index contributed by atoms with van der Waals surface area (Å²) >= 11 is 7.46. The molecule has 48 heavy (non-hydrogen) atoms. The Balaban J connectivity index is 1.52. The van der Waals surface area contributed by atoms with Gasteiger partial charge in [-0.2, -0.15) is 4.98 Å². The lowest BCUT2D eigenvalue weighted by molar-refractivity contribution is -0.384. The normalized spacial score (nSPS) is 18.5. The highest BCUT2D eigenvalue weighted by molar-refractivity contribution is 7.99. The summed E-state index contributed by atoms with van der Waals surface area (Å²) in [6.07, 6.45) is -4.63. The van der Waals surface area contributed by atoms with Crippen molar-refractivity contribution in [1.82, 2.24) is 9.97 Å². The molecule has 248 valence electrons. The Morgan fingerprint density at radius 3 is 1.90 bits per heavy atom. The van der Waals surface area contributed by atoms with E-state index in [0.29, 0.717) is 5.75 Å². The third kappa shape index (κ3) is 8.45. The number of nitrogens with one attached hydrogen (secondary N) is 1. The van der Waals surface area contributed by atoms with Crippen LogP contribution in [0.4, 0.5) is 11.5 Å². The average molecular weight is 693 g/mol. The van der Waals surface area contributed by atoms with Crippen LogP contribution in [0.2, 0.25) is 5.15 Å². The molecule has 15 heteroatoms. The molecule has 1 aliphatic heterocycles. The number of hydrogen-bond donors (Lipinski definition) is 1. The summed E-state index contributed by atoms with van der Waals surface area (Å²) in [6.45, 7) is 1.50. The number of benzene rings is 3. The summed E-state index contributed by atoms with van der Waals surface area (Å²) in [5.74, 6) is -1.97. The van der Waals surface area contributed by atoms with Crippen molar-refractivity contribution < 1.29 is 38.3 Å². The van der Waals surface area contributed by atoms with Crippen LogP contribution in [-0.4, -0.2) is 69.7 Å². The van der Waals surface area contributed by atoms with Crippen molar-refractivity contribution in [3.63, 3.8) is 0 Å². The van der Waals surface area contributed by atoms with E-state index in [1.807, 2.05) is 6.92 Å². The van der Waals surface area contributed by atoms with Crippen LogP contribution in [0.15, 0.2) is 96.2 Å². The molecule has 0 aliphatic carbocycles. The molecule has 1 aromatic heterocycles. The predicted molar refractivity (Wildman–Crippen MR) is 175 cm³/mol. The minimum Gasteiger partial charge on any atom is -0.459 e. The van der Waals surface area contributed by atoms with Gasteiger partial charge in [-0.15, -0.1) is 0 Å². The van der Waals surface area contributed by atoms with Crippen molar-refractivity contribution in [3.8, 4) is 0 Å². The lowest BCUT2D eigenvalue weighted by Crippen LogP contribution is -2.43. The number of rotatable bonds is 13. The van der Waals surface area contributed by atoms with Gasteiger partial charge in [-0.1, -0.05) is 84.9 Å². The summed E-state index contributed by atoms with van der Waals surface area (Å²) in [4.78, 5) is 59.2. The van der Waals surface area contributed by atoms with Crippen molar-refractivity contribution in [2.45, 2.75) is 43.0 Å². The minimum absolute atomic E-state index is 0.158. The van der Waals surface area contributed by atoms with E-state index >= 15 is 0 Å². The fourth-order valence-corrected chi connectivity index (χ4v) is 5.65. The predicted octanol–water partition coefficient (Wildman–Crippen LogP) is 5.99. The van der Waals surface area contributed by atoms with Crippen molar-refractivity contribution in [2.75, 3.05) is 17.7 Å². The lowest BCUT2D eigenvalue weighted by Gasteiger charge is -2.25. The molecule has 1 fully saturated rings. The summed E-state index contributed by atoms with van der Waals surface area (Å²) in [5, 5.41) is 14.6. The zero-order valence-corrected chi connectivity index (χ0v) is 27.0. The fourth-order valence-electron chi connectivity index (χ4n) is 4.66. The molecule has 5 rings (SSSR count). The van der Waals surface area contributed by atoms with Crippen LogP contribution >= 0.6 is 23.4 Å². The first-order valence-electron chi connectivity index (χ1n) is 14.8. The Hall–Kier alpha value is -5.05. The molecule has 0 saturated carbocycles. The number of nitro groups is 1. The fraction of sp³-hybridized carbons (Fsp3) is 0.242. The number of halogens is 1. The summed E-state index contributed by atoms with van der Waals surface area (Å²) in [5.41, 5.74) is -0.0139. The number of thioether (sulfide) groups is 1. The minimum atomic E-state index is -1.43. The maximum absolute atomic E-state index is 13.4. The van der Waals surface area contributed by atoms with Crippen LogP contribution in [0.3, 0.4) is 0 Å². The van der Waals surface area contributed by atoms with Crippen molar-refractivity contribution in [3.05, 3.63) is 123 Å². The molecule has 4 aromatic rings. The molecule has 0 spiro atoms. The number of esters is 3. The van der Waals surface area contributed by atoms with Gasteiger partial charge in [-0.05, 0) is 42.8 Å². The number of hydrogen-bond acceptors (Lipinski definition) is 13. The second-order valence-corrected chi connectivity index (χ2v) is 11.7. The molecule has 0 unspecified atom stereocenters. The van der Waals surface area contributed by atoms with E-state index in [0.717, 1.165) is 6.42 Å². The van der Waals surface area contributed by atoms with Crippen LogP contribution in [0.5, 0.6) is 0 Å². The molecule has 1 N–H and O–H groups in total. The maximum atomic E-state index is 13.4. The highest BCUT2D eigenvalue weighted by Crippen LogP contribution is 2.36. The largest absolute Gasteiger partial charge is 0.459 e. The quantitative estimate of drug-likeness (QED) is 0.0330. The Bertz CT molecular complexity index is 1750. The first-order valence-corrected chi connectivity index (χ1v) is 16.1. The first-order chi connectivity index (χ1) is 23.2. The Kier molecular flexibility index (Phi) is 11.6. The second kappa shape index (κ2) is 16.2. The van der Waals surface area contributed by atoms with E-state index in [2.05, 4.69) is 15.3 Å².